The van der Waals surface area contributed by atoms with Crippen LogP contribution in [0.25, 0.3) is 0 Å². The molecule has 0 aromatic carbocycles. The molecular formula is C16H29N3O5S. The monoisotopic (exact) mass is 375 g/mol. The second-order valence-corrected chi connectivity index (χ2v) is 7.10. The number of piperidine rings is 1. The van der Waals surface area contributed by atoms with Crippen LogP contribution in [0.15, 0.2) is 0 Å². The van der Waals surface area contributed by atoms with E-state index in [0.717, 1.165) is 39.2 Å². The van der Waals surface area contributed by atoms with Gasteiger partial charge in [-0.2, -0.15) is 0 Å². The van der Waals surface area contributed by atoms with E-state index in [2.05, 4.69) is 4.90 Å². The van der Waals surface area contributed by atoms with Crippen molar-refractivity contribution < 1.29 is 24.2 Å². The van der Waals surface area contributed by atoms with Crippen LogP contribution in [0.4, 0.5) is 0 Å². The summed E-state index contributed by atoms with van der Waals surface area (Å²) >= 11 is 1.29. The van der Waals surface area contributed by atoms with Crippen molar-refractivity contribution in [1.29, 1.82) is 0 Å². The van der Waals surface area contributed by atoms with Gasteiger partial charge < -0.3 is 25.4 Å². The minimum absolute atomic E-state index is 0.0837. The molecule has 9 heteroatoms. The molecule has 2 rings (SSSR count). The fraction of sp³-hybridized carbons (Fsp3) is 0.812. The molecule has 0 bridgehead atoms. The molecule has 3 N–H and O–H groups in total. The average molecular weight is 375 g/mol. The van der Waals surface area contributed by atoms with E-state index in [-0.39, 0.29) is 30.1 Å². The van der Waals surface area contributed by atoms with Gasteiger partial charge in [0.15, 0.2) is 0 Å². The highest BCUT2D eigenvalue weighted by Gasteiger charge is 2.24. The molecular weight excluding hydrogens is 346 g/mol. The van der Waals surface area contributed by atoms with Gasteiger partial charge in [-0.25, -0.2) is 0 Å². The summed E-state index contributed by atoms with van der Waals surface area (Å²) in [4.78, 5) is 35.7. The zero-order chi connectivity index (χ0) is 18.5. The normalized spacial score (nSPS) is 21.6. The lowest BCUT2D eigenvalue weighted by molar-refractivity contribution is -0.129. The number of amides is 2. The van der Waals surface area contributed by atoms with E-state index < -0.39 is 0 Å². The van der Waals surface area contributed by atoms with Gasteiger partial charge in [0.1, 0.15) is 0 Å². The maximum Gasteiger partial charge on any atom is 0.290 e. The van der Waals surface area contributed by atoms with Crippen LogP contribution in [-0.4, -0.2) is 90.1 Å². The molecule has 2 aliphatic rings. The van der Waals surface area contributed by atoms with Crippen molar-refractivity contribution in [2.75, 3.05) is 50.8 Å². The SMILES string of the molecule is NC(=O)CSCC(=O)N1CCCOC(CN2CCCCC2)C1.O=CO. The zero-order valence-corrected chi connectivity index (χ0v) is 15.4. The summed E-state index contributed by atoms with van der Waals surface area (Å²) in [5.41, 5.74) is 5.10. The molecule has 0 aliphatic carbocycles. The first-order valence-electron chi connectivity index (χ1n) is 8.62. The zero-order valence-electron chi connectivity index (χ0n) is 14.6. The van der Waals surface area contributed by atoms with Gasteiger partial charge >= 0.3 is 0 Å². The van der Waals surface area contributed by atoms with E-state index in [1.54, 1.807) is 0 Å². The summed E-state index contributed by atoms with van der Waals surface area (Å²) in [6.45, 7) is 5.07. The third-order valence-corrected chi connectivity index (χ3v) is 5.02. The number of primary amides is 1. The molecule has 0 aromatic rings. The molecule has 144 valence electrons. The molecule has 0 aromatic heterocycles. The third-order valence-electron chi connectivity index (χ3n) is 4.08. The number of rotatable bonds is 6. The first-order valence-corrected chi connectivity index (χ1v) is 9.78. The second kappa shape index (κ2) is 13.0. The van der Waals surface area contributed by atoms with Crippen LogP contribution >= 0.6 is 11.8 Å². The Morgan fingerprint density at radius 2 is 1.84 bits per heavy atom. The number of thioether (sulfide) groups is 1. The quantitative estimate of drug-likeness (QED) is 0.629. The standard InChI is InChI=1S/C15H27N3O3S.CH2O2/c16-14(19)11-22-12-15(20)18-7-4-8-21-13(10-18)9-17-5-2-1-3-6-17;2-1-3/h13H,1-12H2,(H2,16,19);1H,(H,2,3). The Morgan fingerprint density at radius 3 is 2.48 bits per heavy atom. The number of carbonyl (C=O) groups excluding carboxylic acids is 2. The summed E-state index contributed by atoms with van der Waals surface area (Å²) < 4.78 is 5.91. The van der Waals surface area contributed by atoms with Crippen molar-refractivity contribution in [2.24, 2.45) is 5.73 Å². The van der Waals surface area contributed by atoms with E-state index in [1.807, 2.05) is 4.90 Å². The number of hydrogen-bond donors (Lipinski definition) is 2. The number of ether oxygens (including phenoxy) is 1. The van der Waals surface area contributed by atoms with E-state index in [0.29, 0.717) is 12.3 Å². The number of likely N-dealkylation sites (tertiary alicyclic amines) is 1. The molecule has 2 amide bonds. The van der Waals surface area contributed by atoms with Gasteiger partial charge in [0.05, 0.1) is 17.6 Å². The fourth-order valence-corrected chi connectivity index (χ4v) is 3.65. The molecule has 0 spiro atoms. The Morgan fingerprint density at radius 1 is 1.16 bits per heavy atom. The van der Waals surface area contributed by atoms with E-state index >= 15 is 0 Å². The lowest BCUT2D eigenvalue weighted by atomic mass is 10.1. The van der Waals surface area contributed by atoms with Crippen molar-refractivity contribution >= 4 is 30.0 Å². The van der Waals surface area contributed by atoms with E-state index in [9.17, 15) is 9.59 Å². The second-order valence-electron chi connectivity index (χ2n) is 6.11. The first kappa shape index (κ1) is 21.7. The summed E-state index contributed by atoms with van der Waals surface area (Å²) in [5.74, 6) is 0.229. The Kier molecular flexibility index (Phi) is 11.3. The van der Waals surface area contributed by atoms with Gasteiger partial charge in [-0.05, 0) is 32.4 Å². The average Bonchev–Trinajstić information content (AvgIpc) is 2.82. The summed E-state index contributed by atoms with van der Waals surface area (Å²) in [7, 11) is 0. The number of carbonyl (C=O) groups is 3. The Labute approximate surface area is 153 Å². The van der Waals surface area contributed by atoms with Crippen molar-refractivity contribution in [3.8, 4) is 0 Å². The molecule has 2 heterocycles. The smallest absolute Gasteiger partial charge is 0.290 e. The van der Waals surface area contributed by atoms with Crippen molar-refractivity contribution in [2.45, 2.75) is 31.8 Å². The Bertz CT molecular complexity index is 419. The number of hydrogen-bond acceptors (Lipinski definition) is 6. The fourth-order valence-electron chi connectivity index (χ4n) is 2.99. The van der Waals surface area contributed by atoms with Gasteiger partial charge in [-0.3, -0.25) is 14.4 Å². The Hall–Kier alpha value is -1.32. The highest BCUT2D eigenvalue weighted by atomic mass is 32.2. The topological polar surface area (TPSA) is 113 Å². The van der Waals surface area contributed by atoms with Crippen molar-refractivity contribution in [3.05, 3.63) is 0 Å². The van der Waals surface area contributed by atoms with Crippen LogP contribution in [0.5, 0.6) is 0 Å². The van der Waals surface area contributed by atoms with Crippen LogP contribution in [0.1, 0.15) is 25.7 Å². The number of carboxylic acid groups (broad SMARTS) is 1. The first-order chi connectivity index (χ1) is 12.1. The van der Waals surface area contributed by atoms with Crippen molar-refractivity contribution in [1.82, 2.24) is 9.80 Å². The summed E-state index contributed by atoms with van der Waals surface area (Å²) in [5, 5.41) is 6.89. The number of nitrogens with two attached hydrogens (primary N) is 1. The highest BCUT2D eigenvalue weighted by molar-refractivity contribution is 8.00. The maximum absolute atomic E-state index is 12.3. The van der Waals surface area contributed by atoms with Crippen LogP contribution < -0.4 is 5.73 Å². The highest BCUT2D eigenvalue weighted by Crippen LogP contribution is 2.14. The van der Waals surface area contributed by atoms with E-state index in [4.69, 9.17) is 20.4 Å². The lowest BCUT2D eigenvalue weighted by Gasteiger charge is -2.31. The minimum Gasteiger partial charge on any atom is -0.483 e. The predicted molar refractivity (Wildman–Crippen MR) is 96.4 cm³/mol. The molecule has 8 nitrogen and oxygen atoms in total. The minimum atomic E-state index is -0.375. The van der Waals surface area contributed by atoms with Crippen LogP contribution in [-0.2, 0) is 19.1 Å². The van der Waals surface area contributed by atoms with Gasteiger partial charge in [-0.1, -0.05) is 6.42 Å². The van der Waals surface area contributed by atoms with Gasteiger partial charge in [0.2, 0.25) is 11.8 Å². The molecule has 2 saturated heterocycles. The van der Waals surface area contributed by atoms with Crippen LogP contribution in [0.3, 0.4) is 0 Å². The molecule has 1 unspecified atom stereocenters. The van der Waals surface area contributed by atoms with Crippen LogP contribution in [0, 0.1) is 0 Å². The van der Waals surface area contributed by atoms with E-state index in [1.165, 1.54) is 31.0 Å². The summed E-state index contributed by atoms with van der Waals surface area (Å²) in [6.07, 6.45) is 4.83. The molecule has 25 heavy (non-hydrogen) atoms. The Balaban J connectivity index is 0.000000970. The number of nitrogens with zero attached hydrogens (tertiary/aromatic N) is 2. The molecule has 0 radical (unpaired) electrons. The largest absolute Gasteiger partial charge is 0.483 e. The van der Waals surface area contributed by atoms with Gasteiger partial charge in [0, 0.05) is 26.2 Å². The van der Waals surface area contributed by atoms with Gasteiger partial charge in [-0.15, -0.1) is 11.8 Å². The van der Waals surface area contributed by atoms with Crippen LogP contribution in [0.2, 0.25) is 0 Å². The lowest BCUT2D eigenvalue weighted by Crippen LogP contribution is -2.44. The van der Waals surface area contributed by atoms with Gasteiger partial charge in [0.25, 0.3) is 6.47 Å². The van der Waals surface area contributed by atoms with Crippen molar-refractivity contribution in [3.63, 3.8) is 0 Å². The molecule has 1 atom stereocenters. The predicted octanol–water partition coefficient (Wildman–Crippen LogP) is 0.00910. The maximum atomic E-state index is 12.3. The summed E-state index contributed by atoms with van der Waals surface area (Å²) in [6, 6.07) is 0. The molecule has 0 saturated carbocycles. The third kappa shape index (κ3) is 9.66. The molecule has 2 aliphatic heterocycles. The molecule has 2 fully saturated rings.